The van der Waals surface area contributed by atoms with Gasteiger partial charge in [0.15, 0.2) is 0 Å². The van der Waals surface area contributed by atoms with Crippen molar-refractivity contribution in [1.29, 1.82) is 0 Å². The third-order valence-corrected chi connectivity index (χ3v) is 11.8. The molecule has 1 aromatic carbocycles. The number of hydrogen-bond donors (Lipinski definition) is 1. The lowest BCUT2D eigenvalue weighted by molar-refractivity contribution is -0.149. The van der Waals surface area contributed by atoms with Crippen LogP contribution in [0.3, 0.4) is 0 Å². The molecule has 0 spiro atoms. The summed E-state index contributed by atoms with van der Waals surface area (Å²) in [5.74, 6) is 1.26. The fourth-order valence-electron chi connectivity index (χ4n) is 6.84. The molecule has 4 aromatic heterocycles. The molecule has 1 aliphatic heterocycles. The molecule has 0 fully saturated rings. The van der Waals surface area contributed by atoms with Gasteiger partial charge in [-0.05, 0) is 93.7 Å². The van der Waals surface area contributed by atoms with E-state index in [2.05, 4.69) is 42.4 Å². The van der Waals surface area contributed by atoms with Crippen LogP contribution in [0.15, 0.2) is 29.8 Å². The predicted molar refractivity (Wildman–Crippen MR) is 196 cm³/mol. The first kappa shape index (κ1) is 34.3. The molecule has 0 bridgehead atoms. The molecule has 14 heteroatoms. The zero-order valence-corrected chi connectivity index (χ0v) is 30.5. The van der Waals surface area contributed by atoms with E-state index in [9.17, 15) is 9.59 Å². The molecular weight excluding hydrogens is 696 g/mol. The number of ether oxygens (including phenoxy) is 3. The van der Waals surface area contributed by atoms with Crippen molar-refractivity contribution in [2.45, 2.75) is 65.8 Å². The van der Waals surface area contributed by atoms with Crippen molar-refractivity contribution in [2.24, 2.45) is 16.8 Å². The number of carbonyl (C=O) groups is 2. The lowest BCUT2D eigenvalue weighted by atomic mass is 9.88. The number of aromatic nitrogens is 4. The molecule has 50 heavy (non-hydrogen) atoms. The van der Waals surface area contributed by atoms with Gasteiger partial charge in [-0.3, -0.25) is 14.6 Å². The van der Waals surface area contributed by atoms with Crippen molar-refractivity contribution in [3.8, 4) is 5.75 Å². The number of esters is 2. The van der Waals surface area contributed by atoms with Crippen LogP contribution in [0.2, 0.25) is 5.15 Å². The summed E-state index contributed by atoms with van der Waals surface area (Å²) in [7, 11) is 0. The van der Waals surface area contributed by atoms with Gasteiger partial charge >= 0.3 is 11.9 Å². The van der Waals surface area contributed by atoms with Crippen LogP contribution in [0.5, 0.6) is 5.75 Å². The molecule has 0 radical (unpaired) electrons. The highest BCUT2D eigenvalue weighted by molar-refractivity contribution is 7.19. The molecular formula is C36H37ClN6O5S2. The number of aryl methyl sites for hydroxylation is 2. The molecule has 260 valence electrons. The Balaban J connectivity index is 0.000000176. The van der Waals surface area contributed by atoms with Crippen LogP contribution in [0.25, 0.3) is 20.4 Å². The fourth-order valence-corrected chi connectivity index (χ4v) is 9.67. The monoisotopic (exact) mass is 732 g/mol. The summed E-state index contributed by atoms with van der Waals surface area (Å²) in [6, 6.07) is 4.12. The number of thiophene rings is 2. The highest BCUT2D eigenvalue weighted by Gasteiger charge is 2.31. The zero-order chi connectivity index (χ0) is 34.8. The summed E-state index contributed by atoms with van der Waals surface area (Å²) in [4.78, 5) is 50.0. The molecule has 2 aliphatic carbocycles. The molecule has 11 nitrogen and oxygen atoms in total. The van der Waals surface area contributed by atoms with Gasteiger partial charge in [0.1, 0.15) is 39.0 Å². The molecule has 2 atom stereocenters. The van der Waals surface area contributed by atoms with E-state index in [1.165, 1.54) is 32.8 Å². The molecule has 5 heterocycles. The lowest BCUT2D eigenvalue weighted by Crippen LogP contribution is -2.23. The topological polar surface area (TPSA) is 138 Å². The van der Waals surface area contributed by atoms with Crippen molar-refractivity contribution in [1.82, 2.24) is 19.9 Å². The third-order valence-electron chi connectivity index (χ3n) is 9.17. The number of fused-ring (bicyclic) bond motifs is 7. The SMILES string of the molecule is CCOC(=O)[C@@H]1CCc2c(sc3ncnc(Cl)c23)C1.CCOC(=O)[C@@H]1CCc2c(sc3ncnc(Nc4cc5c(cc4OCC)CN=C5)c23)C1. The average molecular weight is 733 g/mol. The fraction of sp³-hybridized carbons (Fsp3) is 0.417. The molecule has 3 aliphatic rings. The summed E-state index contributed by atoms with van der Waals surface area (Å²) in [5, 5.41) is 6.02. The second kappa shape index (κ2) is 15.0. The summed E-state index contributed by atoms with van der Waals surface area (Å²) in [6.45, 7) is 7.78. The van der Waals surface area contributed by atoms with Crippen molar-refractivity contribution in [3.63, 3.8) is 0 Å². The van der Waals surface area contributed by atoms with Crippen molar-refractivity contribution in [2.75, 3.05) is 25.1 Å². The van der Waals surface area contributed by atoms with Crippen molar-refractivity contribution < 1.29 is 23.8 Å². The largest absolute Gasteiger partial charge is 0.492 e. The van der Waals surface area contributed by atoms with Gasteiger partial charge in [0, 0.05) is 16.0 Å². The maximum atomic E-state index is 12.2. The van der Waals surface area contributed by atoms with Gasteiger partial charge in [0.05, 0.1) is 54.7 Å². The highest BCUT2D eigenvalue weighted by Crippen LogP contribution is 2.42. The number of nitrogens with zero attached hydrogens (tertiary/aromatic N) is 5. The van der Waals surface area contributed by atoms with Crippen LogP contribution < -0.4 is 10.1 Å². The molecule has 0 saturated carbocycles. The Hall–Kier alpha value is -4.20. The van der Waals surface area contributed by atoms with Crippen molar-refractivity contribution in [3.05, 3.63) is 61.9 Å². The van der Waals surface area contributed by atoms with E-state index in [1.807, 2.05) is 27.0 Å². The Labute approximate surface area is 302 Å². The minimum atomic E-state index is -0.101. The quantitative estimate of drug-likeness (QED) is 0.127. The first-order chi connectivity index (χ1) is 24.4. The third kappa shape index (κ3) is 6.78. The Bertz CT molecular complexity index is 2110. The number of anilines is 2. The first-order valence-electron chi connectivity index (χ1n) is 16.9. The van der Waals surface area contributed by atoms with E-state index in [0.29, 0.717) is 37.9 Å². The van der Waals surface area contributed by atoms with E-state index in [4.69, 9.17) is 25.8 Å². The van der Waals surface area contributed by atoms with Crippen LogP contribution in [-0.4, -0.2) is 57.9 Å². The minimum absolute atomic E-state index is 0.0350. The van der Waals surface area contributed by atoms with Crippen LogP contribution in [0, 0.1) is 11.8 Å². The van der Waals surface area contributed by atoms with E-state index in [0.717, 1.165) is 75.4 Å². The second-order valence-electron chi connectivity index (χ2n) is 12.2. The number of hydrogen-bond acceptors (Lipinski definition) is 13. The van der Waals surface area contributed by atoms with Crippen LogP contribution in [-0.2, 0) is 51.3 Å². The van der Waals surface area contributed by atoms with Gasteiger partial charge in [0.2, 0.25) is 0 Å². The van der Waals surface area contributed by atoms with Gasteiger partial charge in [-0.15, -0.1) is 22.7 Å². The van der Waals surface area contributed by atoms with E-state index in [-0.39, 0.29) is 23.8 Å². The van der Waals surface area contributed by atoms with Gasteiger partial charge in [-0.2, -0.15) is 0 Å². The Kier molecular flexibility index (Phi) is 10.2. The molecule has 0 saturated heterocycles. The number of aliphatic imine (C=N–C) groups is 1. The standard InChI is InChI=1S/C23H24N4O3S.C13H13ClN2O2S/c1-3-29-18-8-15-11-24-10-14(15)7-17(18)27-21-20-16-6-5-13(23(28)30-4-2)9-19(16)31-22(20)26-12-25-21;1-2-18-13(17)7-3-4-8-9(5-7)19-12-10(8)11(14)15-6-16-12/h7-8,10,12-13H,3-6,9,11H2,1-2H3,(H,25,26,27);6-7H,2-5H2,1H3/t13-;7-/m11/s1. The van der Waals surface area contributed by atoms with Gasteiger partial charge in [-0.25, -0.2) is 19.9 Å². The number of benzene rings is 1. The number of halogens is 1. The Morgan fingerprint density at radius 2 is 1.46 bits per heavy atom. The second-order valence-corrected chi connectivity index (χ2v) is 14.7. The highest BCUT2D eigenvalue weighted by atomic mass is 35.5. The smallest absolute Gasteiger partial charge is 0.309 e. The van der Waals surface area contributed by atoms with Crippen LogP contribution >= 0.6 is 34.3 Å². The Morgan fingerprint density at radius 3 is 2.10 bits per heavy atom. The molecule has 1 N–H and O–H groups in total. The number of nitrogens with one attached hydrogen (secondary N) is 1. The zero-order valence-electron chi connectivity index (χ0n) is 28.1. The summed E-state index contributed by atoms with van der Waals surface area (Å²) in [5.41, 5.74) is 5.59. The minimum Gasteiger partial charge on any atom is -0.492 e. The molecule has 0 amide bonds. The Morgan fingerprint density at radius 1 is 0.840 bits per heavy atom. The average Bonchev–Trinajstić information content (AvgIpc) is 3.84. The van der Waals surface area contributed by atoms with Crippen molar-refractivity contribution >= 4 is 84.4 Å². The number of carbonyl (C=O) groups excluding carboxylic acids is 2. The summed E-state index contributed by atoms with van der Waals surface area (Å²) >= 11 is 9.40. The summed E-state index contributed by atoms with van der Waals surface area (Å²) in [6.07, 6.45) is 9.64. The number of rotatable bonds is 8. The summed E-state index contributed by atoms with van der Waals surface area (Å²) < 4.78 is 16.2. The van der Waals surface area contributed by atoms with Crippen LogP contribution in [0.4, 0.5) is 11.5 Å². The van der Waals surface area contributed by atoms with Gasteiger partial charge in [-0.1, -0.05) is 11.6 Å². The predicted octanol–water partition coefficient (Wildman–Crippen LogP) is 7.45. The van der Waals surface area contributed by atoms with E-state index < -0.39 is 0 Å². The van der Waals surface area contributed by atoms with E-state index in [1.54, 1.807) is 29.0 Å². The normalized spacial score (nSPS) is 17.4. The van der Waals surface area contributed by atoms with Crippen LogP contribution in [0.1, 0.15) is 65.6 Å². The van der Waals surface area contributed by atoms with E-state index >= 15 is 0 Å². The van der Waals surface area contributed by atoms with Gasteiger partial charge < -0.3 is 19.5 Å². The first-order valence-corrected chi connectivity index (χ1v) is 18.9. The molecule has 8 rings (SSSR count). The lowest BCUT2D eigenvalue weighted by Gasteiger charge is -2.21. The molecule has 5 aromatic rings. The molecule has 0 unspecified atom stereocenters. The van der Waals surface area contributed by atoms with Gasteiger partial charge in [0.25, 0.3) is 0 Å². The maximum Gasteiger partial charge on any atom is 0.309 e. The maximum absolute atomic E-state index is 12.2.